The molecule has 0 aromatic heterocycles. The van der Waals surface area contributed by atoms with Crippen molar-refractivity contribution in [2.45, 2.75) is 40.3 Å². The van der Waals surface area contributed by atoms with Crippen molar-refractivity contribution in [2.75, 3.05) is 13.2 Å². The van der Waals surface area contributed by atoms with Crippen LogP contribution in [-0.4, -0.2) is 29.2 Å². The largest absolute Gasteiger partial charge is 0.395 e. The van der Waals surface area contributed by atoms with Crippen molar-refractivity contribution >= 4 is 0 Å². The molecule has 2 nitrogen and oxygen atoms in total. The van der Waals surface area contributed by atoms with Crippen LogP contribution in [0.2, 0.25) is 0 Å². The van der Waals surface area contributed by atoms with Crippen molar-refractivity contribution in [1.82, 2.24) is 4.90 Å². The molecule has 1 N–H and O–H groups in total. The van der Waals surface area contributed by atoms with Crippen LogP contribution in [0.3, 0.4) is 0 Å². The Balaban J connectivity index is 2.76. The van der Waals surface area contributed by atoms with Gasteiger partial charge in [0.25, 0.3) is 0 Å². The molecule has 0 aliphatic rings. The van der Waals surface area contributed by atoms with E-state index in [1.807, 2.05) is 0 Å². The second kappa shape index (κ2) is 6.02. The lowest BCUT2D eigenvalue weighted by atomic mass is 10.1. The number of hydrogen-bond donors (Lipinski definition) is 1. The van der Waals surface area contributed by atoms with E-state index in [0.29, 0.717) is 6.04 Å². The van der Waals surface area contributed by atoms with Crippen molar-refractivity contribution in [2.24, 2.45) is 0 Å². The van der Waals surface area contributed by atoms with Gasteiger partial charge >= 0.3 is 0 Å². The molecule has 0 bridgehead atoms. The Morgan fingerprint density at radius 2 is 1.69 bits per heavy atom. The number of rotatable bonds is 5. The summed E-state index contributed by atoms with van der Waals surface area (Å²) in [6, 6.07) is 7.10. The smallest absolute Gasteiger partial charge is 0.0558 e. The van der Waals surface area contributed by atoms with Crippen molar-refractivity contribution in [3.05, 3.63) is 34.9 Å². The minimum Gasteiger partial charge on any atom is -0.395 e. The summed E-state index contributed by atoms with van der Waals surface area (Å²) in [5.41, 5.74) is 3.95. The summed E-state index contributed by atoms with van der Waals surface area (Å²) in [7, 11) is 0. The van der Waals surface area contributed by atoms with Gasteiger partial charge in [0.2, 0.25) is 0 Å². The zero-order chi connectivity index (χ0) is 12.1. The van der Waals surface area contributed by atoms with Crippen molar-refractivity contribution in [1.29, 1.82) is 0 Å². The first-order chi connectivity index (χ1) is 7.52. The van der Waals surface area contributed by atoms with Crippen molar-refractivity contribution < 1.29 is 5.11 Å². The van der Waals surface area contributed by atoms with Crippen molar-refractivity contribution in [3.8, 4) is 0 Å². The number of aliphatic hydroxyl groups is 1. The molecule has 0 saturated heterocycles. The van der Waals surface area contributed by atoms with Gasteiger partial charge in [0.05, 0.1) is 6.61 Å². The number of benzene rings is 1. The van der Waals surface area contributed by atoms with Gasteiger partial charge in [-0.05, 0) is 33.3 Å². The summed E-state index contributed by atoms with van der Waals surface area (Å²) in [4.78, 5) is 2.29. The molecule has 0 heterocycles. The molecule has 1 aromatic rings. The number of aryl methyl sites for hydroxylation is 2. The Morgan fingerprint density at radius 3 is 2.12 bits per heavy atom. The first kappa shape index (κ1) is 13.2. The molecule has 0 radical (unpaired) electrons. The Hall–Kier alpha value is -0.860. The van der Waals surface area contributed by atoms with Gasteiger partial charge in [-0.25, -0.2) is 0 Å². The predicted octanol–water partition coefficient (Wildman–Crippen LogP) is 2.51. The van der Waals surface area contributed by atoms with Crippen LogP contribution in [-0.2, 0) is 6.54 Å². The van der Waals surface area contributed by atoms with E-state index in [4.69, 9.17) is 5.11 Å². The highest BCUT2D eigenvalue weighted by atomic mass is 16.3. The molecule has 0 atom stereocenters. The summed E-state index contributed by atoms with van der Waals surface area (Å²) in [5, 5.41) is 9.03. The third-order valence-corrected chi connectivity index (χ3v) is 2.78. The van der Waals surface area contributed by atoms with Gasteiger partial charge in [0, 0.05) is 19.1 Å². The minimum absolute atomic E-state index is 0.225. The van der Waals surface area contributed by atoms with Gasteiger partial charge in [-0.15, -0.1) is 0 Å². The van der Waals surface area contributed by atoms with Crippen LogP contribution in [0, 0.1) is 13.8 Å². The van der Waals surface area contributed by atoms with E-state index in [1.165, 1.54) is 16.7 Å². The minimum atomic E-state index is 0.225. The normalized spacial score (nSPS) is 11.4. The highest BCUT2D eigenvalue weighted by Crippen LogP contribution is 2.12. The Bertz CT molecular complexity index is 313. The molecule has 1 aromatic carbocycles. The maximum absolute atomic E-state index is 9.03. The molecular weight excluding hydrogens is 198 g/mol. The van der Waals surface area contributed by atoms with E-state index in [0.717, 1.165) is 13.1 Å². The average Bonchev–Trinajstić information content (AvgIpc) is 2.15. The molecule has 0 spiro atoms. The van der Waals surface area contributed by atoms with E-state index in [1.54, 1.807) is 0 Å². The van der Waals surface area contributed by atoms with Gasteiger partial charge < -0.3 is 5.11 Å². The quantitative estimate of drug-likeness (QED) is 0.826. The number of nitrogens with zero attached hydrogens (tertiary/aromatic N) is 1. The maximum Gasteiger partial charge on any atom is 0.0558 e. The lowest BCUT2D eigenvalue weighted by molar-refractivity contribution is 0.159. The van der Waals surface area contributed by atoms with E-state index in [-0.39, 0.29) is 6.61 Å². The van der Waals surface area contributed by atoms with Gasteiger partial charge in [-0.3, -0.25) is 4.90 Å². The molecule has 0 saturated carbocycles. The van der Waals surface area contributed by atoms with Crippen LogP contribution in [0.15, 0.2) is 18.2 Å². The Labute approximate surface area is 98.9 Å². The summed E-state index contributed by atoms with van der Waals surface area (Å²) >= 11 is 0. The molecule has 16 heavy (non-hydrogen) atoms. The molecule has 0 amide bonds. The molecule has 0 unspecified atom stereocenters. The second-order valence-electron chi connectivity index (χ2n) is 4.78. The zero-order valence-electron chi connectivity index (χ0n) is 10.8. The lowest BCUT2D eigenvalue weighted by Crippen LogP contribution is -2.32. The van der Waals surface area contributed by atoms with E-state index in [2.05, 4.69) is 50.8 Å². The number of aliphatic hydroxyl groups excluding tert-OH is 1. The van der Waals surface area contributed by atoms with Gasteiger partial charge in [0.1, 0.15) is 0 Å². The standard InChI is InChI=1S/C14H23NO/c1-11(2)15(5-6-16)10-14-8-12(3)7-13(4)9-14/h7-9,11,16H,5-6,10H2,1-4H3. The summed E-state index contributed by atoms with van der Waals surface area (Å²) in [6.45, 7) is 10.5. The zero-order valence-corrected chi connectivity index (χ0v) is 10.8. The SMILES string of the molecule is Cc1cc(C)cc(CN(CCO)C(C)C)c1. The van der Waals surface area contributed by atoms with Crippen LogP contribution >= 0.6 is 0 Å². The first-order valence-corrected chi connectivity index (χ1v) is 5.95. The molecule has 2 heteroatoms. The van der Waals surface area contributed by atoms with Gasteiger partial charge in [-0.1, -0.05) is 29.3 Å². The highest BCUT2D eigenvalue weighted by molar-refractivity contribution is 5.28. The summed E-state index contributed by atoms with van der Waals surface area (Å²) < 4.78 is 0. The molecule has 90 valence electrons. The fraction of sp³-hybridized carbons (Fsp3) is 0.571. The average molecular weight is 221 g/mol. The summed E-state index contributed by atoms with van der Waals surface area (Å²) in [5.74, 6) is 0. The molecule has 0 fully saturated rings. The maximum atomic E-state index is 9.03. The molecule has 0 aliphatic carbocycles. The predicted molar refractivity (Wildman–Crippen MR) is 68.5 cm³/mol. The third-order valence-electron chi connectivity index (χ3n) is 2.78. The fourth-order valence-electron chi connectivity index (χ4n) is 2.04. The third kappa shape index (κ3) is 3.95. The highest BCUT2D eigenvalue weighted by Gasteiger charge is 2.09. The topological polar surface area (TPSA) is 23.5 Å². The van der Waals surface area contributed by atoms with Crippen LogP contribution in [0.5, 0.6) is 0 Å². The summed E-state index contributed by atoms with van der Waals surface area (Å²) in [6.07, 6.45) is 0. The van der Waals surface area contributed by atoms with E-state index in [9.17, 15) is 0 Å². The van der Waals surface area contributed by atoms with Crippen LogP contribution in [0.4, 0.5) is 0 Å². The van der Waals surface area contributed by atoms with E-state index >= 15 is 0 Å². The monoisotopic (exact) mass is 221 g/mol. The Kier molecular flexibility index (Phi) is 4.97. The van der Waals surface area contributed by atoms with Crippen molar-refractivity contribution in [3.63, 3.8) is 0 Å². The van der Waals surface area contributed by atoms with Gasteiger partial charge in [-0.2, -0.15) is 0 Å². The first-order valence-electron chi connectivity index (χ1n) is 5.95. The van der Waals surface area contributed by atoms with E-state index < -0.39 is 0 Å². The molecule has 0 aliphatic heterocycles. The van der Waals surface area contributed by atoms with Crippen LogP contribution < -0.4 is 0 Å². The lowest BCUT2D eigenvalue weighted by Gasteiger charge is -2.25. The Morgan fingerprint density at radius 1 is 1.12 bits per heavy atom. The van der Waals surface area contributed by atoms with Gasteiger partial charge in [0.15, 0.2) is 0 Å². The fourth-order valence-corrected chi connectivity index (χ4v) is 2.04. The number of hydrogen-bond acceptors (Lipinski definition) is 2. The second-order valence-corrected chi connectivity index (χ2v) is 4.78. The van der Waals surface area contributed by atoms with Crippen LogP contribution in [0.25, 0.3) is 0 Å². The van der Waals surface area contributed by atoms with Crippen LogP contribution in [0.1, 0.15) is 30.5 Å². The molecule has 1 rings (SSSR count). The molecular formula is C14H23NO.